The van der Waals surface area contributed by atoms with E-state index in [1.807, 2.05) is 13.8 Å². The van der Waals surface area contributed by atoms with Gasteiger partial charge in [0.05, 0.1) is 6.33 Å². The first-order valence-electron chi connectivity index (χ1n) is 5.69. The van der Waals surface area contributed by atoms with Gasteiger partial charge in [-0.2, -0.15) is 0 Å². The van der Waals surface area contributed by atoms with Crippen LogP contribution < -0.4 is 10.6 Å². The van der Waals surface area contributed by atoms with E-state index in [0.29, 0.717) is 6.54 Å². The third-order valence-electron chi connectivity index (χ3n) is 2.40. The summed E-state index contributed by atoms with van der Waals surface area (Å²) in [6, 6.07) is 0. The average molecular weight is 224 g/mol. The van der Waals surface area contributed by atoms with Crippen molar-refractivity contribution in [1.82, 2.24) is 20.6 Å². The van der Waals surface area contributed by atoms with Crippen LogP contribution in [0.25, 0.3) is 0 Å². The fourth-order valence-electron chi connectivity index (χ4n) is 1.37. The Labute approximate surface area is 96.0 Å². The maximum absolute atomic E-state index is 11.6. The largest absolute Gasteiger partial charge is 0.355 e. The second kappa shape index (κ2) is 7.00. The number of imidazole rings is 1. The van der Waals surface area contributed by atoms with Crippen LogP contribution in [0.1, 0.15) is 19.5 Å². The molecule has 0 spiro atoms. The Balaban J connectivity index is 2.14. The molecule has 3 N–H and O–H groups in total. The zero-order valence-corrected chi connectivity index (χ0v) is 9.92. The highest BCUT2D eigenvalue weighted by Gasteiger charge is 2.10. The van der Waals surface area contributed by atoms with E-state index in [1.54, 1.807) is 12.5 Å². The quantitative estimate of drug-likeness (QED) is 0.624. The van der Waals surface area contributed by atoms with Gasteiger partial charge in [-0.25, -0.2) is 4.98 Å². The van der Waals surface area contributed by atoms with Gasteiger partial charge in [0.2, 0.25) is 5.91 Å². The zero-order chi connectivity index (χ0) is 11.8. The summed E-state index contributed by atoms with van der Waals surface area (Å²) in [7, 11) is 0. The van der Waals surface area contributed by atoms with E-state index in [1.165, 1.54) is 0 Å². The van der Waals surface area contributed by atoms with E-state index < -0.39 is 0 Å². The van der Waals surface area contributed by atoms with Gasteiger partial charge in [0.25, 0.3) is 0 Å². The number of hydrogen-bond acceptors (Lipinski definition) is 3. The zero-order valence-electron chi connectivity index (χ0n) is 9.92. The molecule has 5 nitrogen and oxygen atoms in total. The number of nitrogens with one attached hydrogen (secondary N) is 3. The Bertz CT molecular complexity index is 297. The first-order valence-corrected chi connectivity index (χ1v) is 5.69. The summed E-state index contributed by atoms with van der Waals surface area (Å²) in [5.74, 6) is 0.113. The summed E-state index contributed by atoms with van der Waals surface area (Å²) in [5, 5.41) is 6.06. The van der Waals surface area contributed by atoms with Crippen LogP contribution in [-0.4, -0.2) is 35.5 Å². The van der Waals surface area contributed by atoms with Crippen molar-refractivity contribution in [1.29, 1.82) is 0 Å². The molecule has 16 heavy (non-hydrogen) atoms. The monoisotopic (exact) mass is 224 g/mol. The van der Waals surface area contributed by atoms with Gasteiger partial charge in [-0.1, -0.05) is 13.8 Å². The van der Waals surface area contributed by atoms with E-state index in [4.69, 9.17) is 0 Å². The Morgan fingerprint density at radius 1 is 1.62 bits per heavy atom. The number of nitrogens with zero attached hydrogens (tertiary/aromatic N) is 1. The first kappa shape index (κ1) is 12.7. The van der Waals surface area contributed by atoms with Crippen molar-refractivity contribution in [2.45, 2.75) is 20.3 Å². The van der Waals surface area contributed by atoms with Gasteiger partial charge in [0.1, 0.15) is 0 Å². The van der Waals surface area contributed by atoms with Crippen molar-refractivity contribution in [2.24, 2.45) is 5.92 Å². The van der Waals surface area contributed by atoms with Crippen molar-refractivity contribution in [3.63, 3.8) is 0 Å². The van der Waals surface area contributed by atoms with Crippen LogP contribution in [0.5, 0.6) is 0 Å². The first-order chi connectivity index (χ1) is 7.74. The molecule has 1 atom stereocenters. The minimum Gasteiger partial charge on any atom is -0.355 e. The number of amides is 1. The second-order valence-corrected chi connectivity index (χ2v) is 3.83. The molecule has 90 valence electrons. The molecule has 0 fully saturated rings. The molecule has 0 radical (unpaired) electrons. The summed E-state index contributed by atoms with van der Waals surface area (Å²) >= 11 is 0. The van der Waals surface area contributed by atoms with Gasteiger partial charge in [0, 0.05) is 37.3 Å². The van der Waals surface area contributed by atoms with Gasteiger partial charge in [-0.15, -0.1) is 0 Å². The Morgan fingerprint density at radius 2 is 2.44 bits per heavy atom. The molecular weight excluding hydrogens is 204 g/mol. The van der Waals surface area contributed by atoms with Gasteiger partial charge >= 0.3 is 0 Å². The van der Waals surface area contributed by atoms with Gasteiger partial charge in [-0.05, 0) is 6.54 Å². The van der Waals surface area contributed by atoms with Gasteiger partial charge in [0.15, 0.2) is 0 Å². The van der Waals surface area contributed by atoms with Crippen molar-refractivity contribution < 1.29 is 4.79 Å². The normalized spacial score (nSPS) is 12.4. The third kappa shape index (κ3) is 4.44. The molecule has 1 amide bonds. The highest BCUT2D eigenvalue weighted by molar-refractivity contribution is 5.78. The Kier molecular flexibility index (Phi) is 5.56. The smallest absolute Gasteiger partial charge is 0.224 e. The molecule has 0 bridgehead atoms. The van der Waals surface area contributed by atoms with Crippen molar-refractivity contribution in [2.75, 3.05) is 19.6 Å². The summed E-state index contributed by atoms with van der Waals surface area (Å²) < 4.78 is 0. The topological polar surface area (TPSA) is 69.8 Å². The molecule has 0 aliphatic rings. The lowest BCUT2D eigenvalue weighted by Gasteiger charge is -2.11. The highest BCUT2D eigenvalue weighted by Crippen LogP contribution is 1.94. The summed E-state index contributed by atoms with van der Waals surface area (Å²) in [6.07, 6.45) is 4.21. The summed E-state index contributed by atoms with van der Waals surface area (Å²) in [4.78, 5) is 18.5. The predicted octanol–water partition coefficient (Wildman–Crippen LogP) is 0.314. The minimum absolute atomic E-state index is 0.0155. The van der Waals surface area contributed by atoms with Crippen molar-refractivity contribution >= 4 is 5.91 Å². The Morgan fingerprint density at radius 3 is 3.06 bits per heavy atom. The third-order valence-corrected chi connectivity index (χ3v) is 2.40. The molecule has 0 aliphatic heterocycles. The summed E-state index contributed by atoms with van der Waals surface area (Å²) in [6.45, 7) is 6.23. The Hall–Kier alpha value is -1.36. The van der Waals surface area contributed by atoms with Crippen LogP contribution in [0.3, 0.4) is 0 Å². The van der Waals surface area contributed by atoms with E-state index >= 15 is 0 Å². The standard InChI is InChI=1S/C11H20N4O/c1-3-12-6-9(2)11(16)14-5-4-10-7-13-8-15-10/h7-9,12H,3-6H2,1-2H3,(H,13,15)(H,14,16). The molecule has 0 saturated heterocycles. The van der Waals surface area contributed by atoms with E-state index in [2.05, 4.69) is 20.6 Å². The van der Waals surface area contributed by atoms with E-state index in [-0.39, 0.29) is 11.8 Å². The number of rotatable bonds is 7. The van der Waals surface area contributed by atoms with Crippen LogP contribution in [0.15, 0.2) is 12.5 Å². The lowest BCUT2D eigenvalue weighted by molar-refractivity contribution is -0.124. The van der Waals surface area contributed by atoms with Gasteiger partial charge < -0.3 is 15.6 Å². The van der Waals surface area contributed by atoms with Crippen molar-refractivity contribution in [3.8, 4) is 0 Å². The average Bonchev–Trinajstić information content (AvgIpc) is 2.78. The second-order valence-electron chi connectivity index (χ2n) is 3.83. The number of carbonyl (C=O) groups is 1. The number of carbonyl (C=O) groups excluding carboxylic acids is 1. The SMILES string of the molecule is CCNCC(C)C(=O)NCCc1cnc[nH]1. The van der Waals surface area contributed by atoms with Crippen molar-refractivity contribution in [3.05, 3.63) is 18.2 Å². The maximum atomic E-state index is 11.6. The molecule has 1 rings (SSSR count). The predicted molar refractivity (Wildman–Crippen MR) is 63.0 cm³/mol. The molecule has 0 saturated carbocycles. The maximum Gasteiger partial charge on any atom is 0.224 e. The molecule has 0 aliphatic carbocycles. The molecule has 5 heteroatoms. The fourth-order valence-corrected chi connectivity index (χ4v) is 1.37. The summed E-state index contributed by atoms with van der Waals surface area (Å²) in [5.41, 5.74) is 1.04. The van der Waals surface area contributed by atoms with Crippen LogP contribution in [0.2, 0.25) is 0 Å². The lowest BCUT2D eigenvalue weighted by Crippen LogP contribution is -2.36. The van der Waals surface area contributed by atoms with E-state index in [0.717, 1.165) is 25.2 Å². The minimum atomic E-state index is 0.0155. The fraction of sp³-hybridized carbons (Fsp3) is 0.636. The van der Waals surface area contributed by atoms with E-state index in [9.17, 15) is 4.79 Å². The number of aromatic amines is 1. The van der Waals surface area contributed by atoms with Crippen LogP contribution in [0.4, 0.5) is 0 Å². The van der Waals surface area contributed by atoms with Gasteiger partial charge in [-0.3, -0.25) is 4.79 Å². The number of H-pyrrole nitrogens is 1. The lowest BCUT2D eigenvalue weighted by atomic mass is 10.1. The number of hydrogen-bond donors (Lipinski definition) is 3. The molecule has 1 aromatic heterocycles. The molecule has 1 heterocycles. The molecular formula is C11H20N4O. The number of aromatic nitrogens is 2. The van der Waals surface area contributed by atoms with Crippen LogP contribution in [0, 0.1) is 5.92 Å². The van der Waals surface area contributed by atoms with Crippen LogP contribution in [-0.2, 0) is 11.2 Å². The molecule has 0 aromatic carbocycles. The highest BCUT2D eigenvalue weighted by atomic mass is 16.1. The molecule has 1 aromatic rings. The molecule has 1 unspecified atom stereocenters. The van der Waals surface area contributed by atoms with Crippen LogP contribution >= 0.6 is 0 Å².